The number of hydrogen-bond donors (Lipinski definition) is 1. The molecule has 1 atom stereocenters. The first kappa shape index (κ1) is 9.66. The van der Waals surface area contributed by atoms with E-state index in [9.17, 15) is 4.79 Å². The quantitative estimate of drug-likeness (QED) is 0.617. The largest absolute Gasteiger partial charge is 0.465 e. The number of nitrogens with two attached hydrogens (primary N) is 1. The highest BCUT2D eigenvalue weighted by Crippen LogP contribution is 1.90. The topological polar surface area (TPSA) is 83.0 Å². The second-order valence-electron chi connectivity index (χ2n) is 2.48. The molecule has 1 rings (SSSR count). The van der Waals surface area contributed by atoms with Gasteiger partial charge in [-0.2, -0.15) is 0 Å². The van der Waals surface area contributed by atoms with Crippen LogP contribution in [0.3, 0.4) is 0 Å². The summed E-state index contributed by atoms with van der Waals surface area (Å²) in [6.07, 6.45) is 3.16. The first-order valence-corrected chi connectivity index (χ1v) is 4.00. The molecule has 13 heavy (non-hydrogen) atoms. The minimum absolute atomic E-state index is 0.291. The van der Waals surface area contributed by atoms with Crippen LogP contribution in [-0.2, 0) is 16.1 Å². The summed E-state index contributed by atoms with van der Waals surface area (Å²) in [5.41, 5.74) is 5.53. The third-order valence-corrected chi connectivity index (χ3v) is 1.45. The van der Waals surface area contributed by atoms with E-state index in [0.717, 1.165) is 0 Å². The van der Waals surface area contributed by atoms with Crippen LogP contribution in [0.4, 0.5) is 0 Å². The molecule has 2 N–H and O–H groups in total. The van der Waals surface area contributed by atoms with E-state index < -0.39 is 12.0 Å². The van der Waals surface area contributed by atoms with Crippen LogP contribution in [0.15, 0.2) is 12.4 Å². The van der Waals surface area contributed by atoms with E-state index in [4.69, 9.17) is 10.5 Å². The molecule has 0 aliphatic heterocycles. The number of ether oxygens (including phenoxy) is 1. The van der Waals surface area contributed by atoms with Crippen LogP contribution in [0.2, 0.25) is 0 Å². The van der Waals surface area contributed by atoms with Crippen LogP contribution in [-0.4, -0.2) is 33.6 Å². The summed E-state index contributed by atoms with van der Waals surface area (Å²) in [5.74, 6) is -0.419. The zero-order valence-electron chi connectivity index (χ0n) is 7.38. The van der Waals surface area contributed by atoms with Crippen molar-refractivity contribution in [3.63, 3.8) is 0 Å². The van der Waals surface area contributed by atoms with Gasteiger partial charge in [0, 0.05) is 6.20 Å². The van der Waals surface area contributed by atoms with Crippen LogP contribution in [0.1, 0.15) is 6.92 Å². The molecule has 6 heteroatoms. The fraction of sp³-hybridized carbons (Fsp3) is 0.571. The second kappa shape index (κ2) is 4.56. The van der Waals surface area contributed by atoms with Gasteiger partial charge in [-0.3, -0.25) is 9.48 Å². The number of nitrogens with zero attached hydrogens (tertiary/aromatic N) is 3. The highest BCUT2D eigenvalue weighted by molar-refractivity contribution is 5.75. The van der Waals surface area contributed by atoms with Gasteiger partial charge in [-0.1, -0.05) is 5.21 Å². The SMILES string of the molecule is CCOC(=O)C(N)Cn1ccnn1. The maximum absolute atomic E-state index is 11.1. The Labute approximate surface area is 75.7 Å². The summed E-state index contributed by atoms with van der Waals surface area (Å²) in [7, 11) is 0. The van der Waals surface area contributed by atoms with Gasteiger partial charge >= 0.3 is 5.97 Å². The van der Waals surface area contributed by atoms with Gasteiger partial charge in [0.15, 0.2) is 0 Å². The Balaban J connectivity index is 2.41. The van der Waals surface area contributed by atoms with Crippen molar-refractivity contribution < 1.29 is 9.53 Å². The van der Waals surface area contributed by atoms with E-state index >= 15 is 0 Å². The van der Waals surface area contributed by atoms with Crippen LogP contribution < -0.4 is 5.73 Å². The molecule has 0 bridgehead atoms. The van der Waals surface area contributed by atoms with Gasteiger partial charge in [0.05, 0.1) is 19.3 Å². The standard InChI is InChI=1S/C7H12N4O2/c1-2-13-7(12)6(8)5-11-4-3-9-10-11/h3-4,6H,2,5,8H2,1H3. The second-order valence-corrected chi connectivity index (χ2v) is 2.48. The van der Waals surface area contributed by atoms with Gasteiger partial charge in [-0.05, 0) is 6.92 Å². The van der Waals surface area contributed by atoms with Crippen molar-refractivity contribution in [1.29, 1.82) is 0 Å². The molecule has 0 fully saturated rings. The number of carbonyl (C=O) groups is 1. The predicted molar refractivity (Wildman–Crippen MR) is 44.6 cm³/mol. The third-order valence-electron chi connectivity index (χ3n) is 1.45. The Morgan fingerprint density at radius 1 is 1.77 bits per heavy atom. The Morgan fingerprint density at radius 3 is 3.08 bits per heavy atom. The summed E-state index contributed by atoms with van der Waals surface area (Å²) >= 11 is 0. The maximum Gasteiger partial charge on any atom is 0.324 e. The molecule has 0 aliphatic carbocycles. The van der Waals surface area contributed by atoms with Crippen LogP contribution in [0.25, 0.3) is 0 Å². The minimum Gasteiger partial charge on any atom is -0.465 e. The first-order chi connectivity index (χ1) is 6.24. The molecule has 0 aliphatic rings. The molecule has 0 saturated carbocycles. The molecule has 72 valence electrons. The Hall–Kier alpha value is -1.43. The number of carbonyl (C=O) groups excluding carboxylic acids is 1. The highest BCUT2D eigenvalue weighted by atomic mass is 16.5. The van der Waals surface area contributed by atoms with Crippen LogP contribution in [0, 0.1) is 0 Å². The summed E-state index contributed by atoms with van der Waals surface area (Å²) < 4.78 is 6.21. The van der Waals surface area contributed by atoms with E-state index in [1.54, 1.807) is 13.1 Å². The molecule has 0 spiro atoms. The van der Waals surface area contributed by atoms with E-state index in [0.29, 0.717) is 13.2 Å². The first-order valence-electron chi connectivity index (χ1n) is 4.00. The van der Waals surface area contributed by atoms with Gasteiger partial charge in [0.1, 0.15) is 6.04 Å². The summed E-state index contributed by atoms with van der Waals surface area (Å²) in [6, 6.07) is -0.679. The normalized spacial score (nSPS) is 12.5. The lowest BCUT2D eigenvalue weighted by Gasteiger charge is -2.09. The smallest absolute Gasteiger partial charge is 0.324 e. The average molecular weight is 184 g/mol. The van der Waals surface area contributed by atoms with Crippen molar-refractivity contribution in [2.45, 2.75) is 19.5 Å². The Bertz CT molecular complexity index is 259. The van der Waals surface area contributed by atoms with Crippen molar-refractivity contribution in [2.75, 3.05) is 6.61 Å². The number of rotatable bonds is 4. The summed E-state index contributed by atoms with van der Waals surface area (Å²) in [5, 5.41) is 7.26. The molecule has 1 unspecified atom stereocenters. The lowest BCUT2D eigenvalue weighted by atomic mass is 10.3. The van der Waals surface area contributed by atoms with Crippen LogP contribution in [0.5, 0.6) is 0 Å². The molecule has 6 nitrogen and oxygen atoms in total. The molecular weight excluding hydrogens is 172 g/mol. The van der Waals surface area contributed by atoms with Gasteiger partial charge in [0.2, 0.25) is 0 Å². The molecule has 1 aromatic rings. The minimum atomic E-state index is -0.679. The third kappa shape index (κ3) is 2.83. The van der Waals surface area contributed by atoms with E-state index in [1.807, 2.05) is 0 Å². The summed E-state index contributed by atoms with van der Waals surface area (Å²) in [6.45, 7) is 2.36. The lowest BCUT2D eigenvalue weighted by Crippen LogP contribution is -2.36. The van der Waals surface area contributed by atoms with Crippen molar-refractivity contribution in [3.05, 3.63) is 12.4 Å². The molecular formula is C7H12N4O2. The molecule has 0 radical (unpaired) electrons. The van der Waals surface area contributed by atoms with E-state index in [2.05, 4.69) is 10.3 Å². The van der Waals surface area contributed by atoms with E-state index in [1.165, 1.54) is 10.9 Å². The Kier molecular flexibility index (Phi) is 3.39. The van der Waals surface area contributed by atoms with Crippen molar-refractivity contribution in [1.82, 2.24) is 15.0 Å². The van der Waals surface area contributed by atoms with Gasteiger partial charge in [-0.15, -0.1) is 5.10 Å². The summed E-state index contributed by atoms with van der Waals surface area (Å²) in [4.78, 5) is 11.1. The molecule has 1 heterocycles. The van der Waals surface area contributed by atoms with Gasteiger partial charge in [-0.25, -0.2) is 0 Å². The lowest BCUT2D eigenvalue weighted by molar-refractivity contribution is -0.145. The highest BCUT2D eigenvalue weighted by Gasteiger charge is 2.14. The number of hydrogen-bond acceptors (Lipinski definition) is 5. The zero-order chi connectivity index (χ0) is 9.68. The van der Waals surface area contributed by atoms with Crippen molar-refractivity contribution in [3.8, 4) is 0 Å². The fourth-order valence-corrected chi connectivity index (χ4v) is 0.855. The fourth-order valence-electron chi connectivity index (χ4n) is 0.855. The monoisotopic (exact) mass is 184 g/mol. The molecule has 0 aromatic carbocycles. The molecule has 0 saturated heterocycles. The average Bonchev–Trinajstić information content (AvgIpc) is 2.57. The van der Waals surface area contributed by atoms with Crippen LogP contribution >= 0.6 is 0 Å². The molecule has 1 aromatic heterocycles. The predicted octanol–water partition coefficient (Wildman–Crippen LogP) is -0.831. The number of aromatic nitrogens is 3. The van der Waals surface area contributed by atoms with Crippen molar-refractivity contribution >= 4 is 5.97 Å². The number of esters is 1. The maximum atomic E-state index is 11.1. The molecule has 0 amide bonds. The van der Waals surface area contributed by atoms with E-state index in [-0.39, 0.29) is 0 Å². The zero-order valence-corrected chi connectivity index (χ0v) is 7.38. The Morgan fingerprint density at radius 2 is 2.54 bits per heavy atom. The van der Waals surface area contributed by atoms with Crippen molar-refractivity contribution in [2.24, 2.45) is 5.73 Å². The van der Waals surface area contributed by atoms with Gasteiger partial charge < -0.3 is 10.5 Å². The van der Waals surface area contributed by atoms with Gasteiger partial charge in [0.25, 0.3) is 0 Å².